The van der Waals surface area contributed by atoms with Gasteiger partial charge in [-0.25, -0.2) is 4.79 Å². The van der Waals surface area contributed by atoms with Crippen LogP contribution in [-0.2, 0) is 4.74 Å². The number of anilines is 1. The molecule has 1 aliphatic heterocycles. The largest absolute Gasteiger partial charge is 0.444 e. The van der Waals surface area contributed by atoms with E-state index in [9.17, 15) is 4.79 Å². The summed E-state index contributed by atoms with van der Waals surface area (Å²) in [5, 5.41) is 6.09. The number of benzene rings is 1. The molecular weight excluding hydrogens is 342 g/mol. The second kappa shape index (κ2) is 10.0. The minimum absolute atomic E-state index is 0.404. The second-order valence-corrected chi connectivity index (χ2v) is 7.47. The summed E-state index contributed by atoms with van der Waals surface area (Å²) in [6.45, 7) is 13.2. The fourth-order valence-corrected chi connectivity index (χ4v) is 2.88. The molecule has 0 bridgehead atoms. The maximum absolute atomic E-state index is 11.7. The number of nitrogens with zero attached hydrogens (tertiary/aromatic N) is 3. The van der Waals surface area contributed by atoms with Gasteiger partial charge in [0.1, 0.15) is 5.60 Å². The molecule has 1 aromatic carbocycles. The third kappa shape index (κ3) is 7.37. The van der Waals surface area contributed by atoms with Crippen LogP contribution in [-0.4, -0.2) is 68.4 Å². The van der Waals surface area contributed by atoms with Crippen molar-refractivity contribution in [3.05, 3.63) is 30.3 Å². The summed E-state index contributed by atoms with van der Waals surface area (Å²) in [6, 6.07) is 10.5. The molecule has 1 aromatic rings. The molecule has 0 spiro atoms. The van der Waals surface area contributed by atoms with E-state index in [0.29, 0.717) is 13.1 Å². The topological polar surface area (TPSA) is 69.2 Å². The van der Waals surface area contributed by atoms with Crippen LogP contribution < -0.4 is 15.5 Å². The summed E-state index contributed by atoms with van der Waals surface area (Å²) in [6.07, 6.45) is -0.404. The Morgan fingerprint density at radius 2 is 1.78 bits per heavy atom. The van der Waals surface area contributed by atoms with E-state index in [4.69, 9.17) is 4.74 Å². The predicted octanol–water partition coefficient (Wildman–Crippen LogP) is 2.30. The number of alkyl carbamates (subject to hydrolysis) is 1. The molecule has 0 aromatic heterocycles. The molecule has 0 unspecified atom stereocenters. The first-order valence-corrected chi connectivity index (χ1v) is 9.69. The maximum Gasteiger partial charge on any atom is 0.407 e. The normalized spacial score (nSPS) is 15.5. The summed E-state index contributed by atoms with van der Waals surface area (Å²) in [7, 11) is 0. The van der Waals surface area contributed by atoms with Gasteiger partial charge >= 0.3 is 6.09 Å². The lowest BCUT2D eigenvalue weighted by Gasteiger charge is -2.37. The highest BCUT2D eigenvalue weighted by Gasteiger charge is 2.20. The van der Waals surface area contributed by atoms with Crippen molar-refractivity contribution in [2.24, 2.45) is 4.99 Å². The number of ether oxygens (including phenoxy) is 1. The van der Waals surface area contributed by atoms with E-state index < -0.39 is 11.7 Å². The number of aliphatic imine (C=N–C) groups is 1. The molecule has 1 saturated heterocycles. The standard InChI is InChI=1S/C20H33N5O2/c1-5-21-18(22-11-12-23-19(26)27-20(2,3)4)25-15-13-24(14-16-25)17-9-7-6-8-10-17/h6-10H,5,11-16H2,1-4H3,(H,21,22)(H,23,26). The number of nitrogens with one attached hydrogen (secondary N) is 2. The van der Waals surface area contributed by atoms with Gasteiger partial charge in [-0.2, -0.15) is 0 Å². The van der Waals surface area contributed by atoms with Crippen molar-refractivity contribution in [1.82, 2.24) is 15.5 Å². The van der Waals surface area contributed by atoms with Gasteiger partial charge in [0.15, 0.2) is 5.96 Å². The Balaban J connectivity index is 1.81. The first-order chi connectivity index (χ1) is 12.9. The number of carbonyl (C=O) groups is 1. The van der Waals surface area contributed by atoms with Crippen molar-refractivity contribution < 1.29 is 9.53 Å². The Kier molecular flexibility index (Phi) is 7.76. The van der Waals surface area contributed by atoms with Crippen molar-refractivity contribution in [3.63, 3.8) is 0 Å². The van der Waals surface area contributed by atoms with Crippen LogP contribution in [0.1, 0.15) is 27.7 Å². The Morgan fingerprint density at radius 1 is 1.11 bits per heavy atom. The molecule has 0 saturated carbocycles. The first-order valence-electron chi connectivity index (χ1n) is 9.69. The number of piperazine rings is 1. The van der Waals surface area contributed by atoms with E-state index in [2.05, 4.69) is 56.6 Å². The summed E-state index contributed by atoms with van der Waals surface area (Å²) >= 11 is 0. The summed E-state index contributed by atoms with van der Waals surface area (Å²) in [4.78, 5) is 21.0. The third-order valence-corrected chi connectivity index (χ3v) is 4.08. The first kappa shape index (κ1) is 20.9. The van der Waals surface area contributed by atoms with Gasteiger partial charge in [-0.3, -0.25) is 4.99 Å². The number of guanidine groups is 1. The van der Waals surface area contributed by atoms with E-state index in [1.54, 1.807) is 0 Å². The average Bonchev–Trinajstić information content (AvgIpc) is 2.64. The highest BCUT2D eigenvalue weighted by molar-refractivity contribution is 5.80. The molecule has 2 N–H and O–H groups in total. The Hall–Kier alpha value is -2.44. The number of rotatable bonds is 5. The van der Waals surface area contributed by atoms with Gasteiger partial charge < -0.3 is 25.2 Å². The molecule has 1 aliphatic rings. The Bertz CT molecular complexity index is 605. The van der Waals surface area contributed by atoms with Crippen molar-refractivity contribution in [2.75, 3.05) is 50.7 Å². The van der Waals surface area contributed by atoms with Crippen molar-refractivity contribution in [3.8, 4) is 0 Å². The molecule has 7 nitrogen and oxygen atoms in total. The van der Waals surface area contributed by atoms with Crippen molar-refractivity contribution >= 4 is 17.7 Å². The Morgan fingerprint density at radius 3 is 2.37 bits per heavy atom. The highest BCUT2D eigenvalue weighted by atomic mass is 16.6. The number of para-hydroxylation sites is 1. The van der Waals surface area contributed by atoms with Gasteiger partial charge in [0.2, 0.25) is 0 Å². The molecular formula is C20H33N5O2. The summed E-state index contributed by atoms with van der Waals surface area (Å²) < 4.78 is 5.23. The van der Waals surface area contributed by atoms with Gasteiger partial charge in [-0.1, -0.05) is 18.2 Å². The number of hydrogen-bond donors (Lipinski definition) is 2. The third-order valence-electron chi connectivity index (χ3n) is 4.08. The minimum Gasteiger partial charge on any atom is -0.444 e. The lowest BCUT2D eigenvalue weighted by molar-refractivity contribution is 0.0529. The van der Waals surface area contributed by atoms with Crippen LogP contribution in [0.4, 0.5) is 10.5 Å². The van der Waals surface area contributed by atoms with E-state index >= 15 is 0 Å². The monoisotopic (exact) mass is 375 g/mol. The molecule has 2 rings (SSSR count). The molecule has 1 amide bonds. The van der Waals surface area contributed by atoms with E-state index in [1.807, 2.05) is 26.8 Å². The van der Waals surface area contributed by atoms with Crippen LogP contribution in [0.5, 0.6) is 0 Å². The van der Waals surface area contributed by atoms with E-state index in [1.165, 1.54) is 5.69 Å². The van der Waals surface area contributed by atoms with Gasteiger partial charge in [0, 0.05) is 45.0 Å². The lowest BCUT2D eigenvalue weighted by Crippen LogP contribution is -2.52. The van der Waals surface area contributed by atoms with Crippen LogP contribution in [0.2, 0.25) is 0 Å². The lowest BCUT2D eigenvalue weighted by atomic mass is 10.2. The fraction of sp³-hybridized carbons (Fsp3) is 0.600. The van der Waals surface area contributed by atoms with Crippen molar-refractivity contribution in [1.29, 1.82) is 0 Å². The summed E-state index contributed by atoms with van der Waals surface area (Å²) in [5.41, 5.74) is 0.779. The van der Waals surface area contributed by atoms with Crippen molar-refractivity contribution in [2.45, 2.75) is 33.3 Å². The van der Waals surface area contributed by atoms with Gasteiger partial charge in [-0.15, -0.1) is 0 Å². The van der Waals surface area contributed by atoms with E-state index in [0.717, 1.165) is 38.7 Å². The molecule has 1 fully saturated rings. The van der Waals surface area contributed by atoms with E-state index in [-0.39, 0.29) is 0 Å². The molecule has 0 aliphatic carbocycles. The SMILES string of the molecule is CCNC(=NCCNC(=O)OC(C)(C)C)N1CCN(c2ccccc2)CC1. The summed E-state index contributed by atoms with van der Waals surface area (Å²) in [5.74, 6) is 0.899. The van der Waals surface area contributed by atoms with Crippen LogP contribution in [0.3, 0.4) is 0 Å². The van der Waals surface area contributed by atoms with Gasteiger partial charge in [0.25, 0.3) is 0 Å². The average molecular weight is 376 g/mol. The van der Waals surface area contributed by atoms with Gasteiger partial charge in [0.05, 0.1) is 6.54 Å². The quantitative estimate of drug-likeness (QED) is 0.470. The van der Waals surface area contributed by atoms with Gasteiger partial charge in [-0.05, 0) is 39.8 Å². The highest BCUT2D eigenvalue weighted by Crippen LogP contribution is 2.15. The number of amides is 1. The maximum atomic E-state index is 11.7. The molecule has 150 valence electrons. The Labute approximate surface area is 162 Å². The zero-order chi connectivity index (χ0) is 19.7. The second-order valence-electron chi connectivity index (χ2n) is 7.47. The molecule has 0 atom stereocenters. The fourth-order valence-electron chi connectivity index (χ4n) is 2.88. The van der Waals surface area contributed by atoms with Crippen LogP contribution in [0.15, 0.2) is 35.3 Å². The van der Waals surface area contributed by atoms with Crippen LogP contribution >= 0.6 is 0 Å². The molecule has 27 heavy (non-hydrogen) atoms. The molecule has 7 heteroatoms. The van der Waals surface area contributed by atoms with Crippen LogP contribution in [0, 0.1) is 0 Å². The predicted molar refractivity (Wildman–Crippen MR) is 110 cm³/mol. The number of hydrogen-bond acceptors (Lipinski definition) is 4. The minimum atomic E-state index is -0.485. The smallest absolute Gasteiger partial charge is 0.407 e. The van der Waals surface area contributed by atoms with Crippen LogP contribution in [0.25, 0.3) is 0 Å². The number of carbonyl (C=O) groups excluding carboxylic acids is 1. The zero-order valence-electron chi connectivity index (χ0n) is 17.0. The molecule has 1 heterocycles. The molecule has 0 radical (unpaired) electrons. The zero-order valence-corrected chi connectivity index (χ0v) is 17.0.